The maximum atomic E-state index is 12.5. The van der Waals surface area contributed by atoms with Crippen molar-refractivity contribution < 1.29 is 14.3 Å². The topological polar surface area (TPSA) is 47.6 Å². The van der Waals surface area contributed by atoms with Gasteiger partial charge < -0.3 is 14.8 Å². The zero-order valence-electron chi connectivity index (χ0n) is 15.2. The van der Waals surface area contributed by atoms with Gasteiger partial charge in [0.05, 0.1) is 18.4 Å². The van der Waals surface area contributed by atoms with Gasteiger partial charge in [-0.1, -0.05) is 18.5 Å². The molecule has 0 spiro atoms. The van der Waals surface area contributed by atoms with E-state index < -0.39 is 0 Å². The van der Waals surface area contributed by atoms with E-state index >= 15 is 0 Å². The van der Waals surface area contributed by atoms with Crippen LogP contribution in [0.15, 0.2) is 53.4 Å². The number of benzene rings is 2. The molecule has 0 aromatic heterocycles. The molecule has 0 fully saturated rings. The highest BCUT2D eigenvalue weighted by Crippen LogP contribution is 2.27. The van der Waals surface area contributed by atoms with E-state index in [9.17, 15) is 4.79 Å². The highest BCUT2D eigenvalue weighted by molar-refractivity contribution is 8.00. The van der Waals surface area contributed by atoms with Crippen molar-refractivity contribution in [1.82, 2.24) is 5.32 Å². The zero-order chi connectivity index (χ0) is 18.9. The summed E-state index contributed by atoms with van der Waals surface area (Å²) in [6.45, 7) is 4.34. The first-order valence-corrected chi connectivity index (χ1v) is 9.77. The van der Waals surface area contributed by atoms with Crippen LogP contribution in [0.2, 0.25) is 5.02 Å². The third kappa shape index (κ3) is 6.46. The van der Waals surface area contributed by atoms with Crippen LogP contribution in [0.1, 0.15) is 20.3 Å². The second-order valence-corrected chi connectivity index (χ2v) is 7.58. The third-order valence-electron chi connectivity index (χ3n) is 3.70. The van der Waals surface area contributed by atoms with Gasteiger partial charge in [0.15, 0.2) is 0 Å². The van der Waals surface area contributed by atoms with E-state index in [0.717, 1.165) is 22.8 Å². The standard InChI is InChI=1S/C20H24ClNO3S/c1-4-19(26-18-11-5-15(21)6-12-18)20(23)22-14(2)13-25-17-9-7-16(24-3)8-10-17/h5-12,14,19H,4,13H2,1-3H3,(H,22,23)/t14-,19+/m0/s1. The fourth-order valence-electron chi connectivity index (χ4n) is 2.27. The molecule has 2 aromatic rings. The smallest absolute Gasteiger partial charge is 0.233 e. The molecule has 6 heteroatoms. The van der Waals surface area contributed by atoms with Gasteiger partial charge in [-0.05, 0) is 61.9 Å². The number of thioether (sulfide) groups is 1. The molecular formula is C20H24ClNO3S. The van der Waals surface area contributed by atoms with Gasteiger partial charge in [0.1, 0.15) is 18.1 Å². The van der Waals surface area contributed by atoms with Gasteiger partial charge in [0.25, 0.3) is 0 Å². The van der Waals surface area contributed by atoms with Crippen molar-refractivity contribution in [2.75, 3.05) is 13.7 Å². The maximum Gasteiger partial charge on any atom is 0.233 e. The lowest BCUT2D eigenvalue weighted by Crippen LogP contribution is -2.41. The number of amides is 1. The highest BCUT2D eigenvalue weighted by Gasteiger charge is 2.19. The summed E-state index contributed by atoms with van der Waals surface area (Å²) in [4.78, 5) is 13.5. The summed E-state index contributed by atoms with van der Waals surface area (Å²) in [5.74, 6) is 1.54. The van der Waals surface area contributed by atoms with Crippen LogP contribution in [-0.2, 0) is 4.79 Å². The second kappa shape index (κ2) is 10.3. The number of hydrogen-bond acceptors (Lipinski definition) is 4. The van der Waals surface area contributed by atoms with E-state index in [1.165, 1.54) is 0 Å². The first-order chi connectivity index (χ1) is 12.5. The van der Waals surface area contributed by atoms with Crippen LogP contribution in [-0.4, -0.2) is 30.9 Å². The van der Waals surface area contributed by atoms with Gasteiger partial charge in [-0.3, -0.25) is 4.79 Å². The Bertz CT molecular complexity index is 691. The van der Waals surface area contributed by atoms with E-state index in [2.05, 4.69) is 5.32 Å². The quantitative estimate of drug-likeness (QED) is 0.621. The Morgan fingerprint density at radius 2 is 1.73 bits per heavy atom. The number of hydrogen-bond donors (Lipinski definition) is 1. The van der Waals surface area contributed by atoms with Gasteiger partial charge in [0, 0.05) is 9.92 Å². The average molecular weight is 394 g/mol. The monoisotopic (exact) mass is 393 g/mol. The van der Waals surface area contributed by atoms with Crippen molar-refractivity contribution in [3.05, 3.63) is 53.6 Å². The number of carbonyl (C=O) groups excluding carboxylic acids is 1. The molecule has 0 unspecified atom stereocenters. The molecule has 0 radical (unpaired) electrons. The molecule has 0 aliphatic carbocycles. The van der Waals surface area contributed by atoms with Crippen molar-refractivity contribution in [3.63, 3.8) is 0 Å². The molecule has 2 rings (SSSR count). The van der Waals surface area contributed by atoms with Crippen LogP contribution >= 0.6 is 23.4 Å². The van der Waals surface area contributed by atoms with Gasteiger partial charge in [0.2, 0.25) is 5.91 Å². The molecule has 0 saturated heterocycles. The molecule has 2 aromatic carbocycles. The molecule has 1 N–H and O–H groups in total. The maximum absolute atomic E-state index is 12.5. The van der Waals surface area contributed by atoms with Crippen molar-refractivity contribution >= 4 is 29.3 Å². The summed E-state index contributed by atoms with van der Waals surface area (Å²) in [5.41, 5.74) is 0. The van der Waals surface area contributed by atoms with Crippen molar-refractivity contribution in [3.8, 4) is 11.5 Å². The lowest BCUT2D eigenvalue weighted by Gasteiger charge is -2.19. The van der Waals surface area contributed by atoms with Crippen LogP contribution in [0.25, 0.3) is 0 Å². The molecule has 0 bridgehead atoms. The van der Waals surface area contributed by atoms with E-state index in [0.29, 0.717) is 11.6 Å². The lowest BCUT2D eigenvalue weighted by atomic mass is 10.2. The first kappa shape index (κ1) is 20.5. The van der Waals surface area contributed by atoms with Crippen LogP contribution in [0.5, 0.6) is 11.5 Å². The van der Waals surface area contributed by atoms with E-state index in [4.69, 9.17) is 21.1 Å². The molecule has 0 heterocycles. The van der Waals surface area contributed by atoms with Crippen molar-refractivity contribution in [2.45, 2.75) is 36.5 Å². The van der Waals surface area contributed by atoms with Crippen molar-refractivity contribution in [2.24, 2.45) is 0 Å². The molecule has 140 valence electrons. The lowest BCUT2D eigenvalue weighted by molar-refractivity contribution is -0.121. The Labute approximate surface area is 164 Å². The summed E-state index contributed by atoms with van der Waals surface area (Å²) in [7, 11) is 1.62. The van der Waals surface area contributed by atoms with E-state index in [-0.39, 0.29) is 17.2 Å². The molecular weight excluding hydrogens is 370 g/mol. The fourth-order valence-corrected chi connectivity index (χ4v) is 3.36. The van der Waals surface area contributed by atoms with Crippen molar-refractivity contribution in [1.29, 1.82) is 0 Å². The molecule has 0 aliphatic rings. The Kier molecular flexibility index (Phi) is 8.13. The molecule has 0 aliphatic heterocycles. The number of carbonyl (C=O) groups is 1. The number of rotatable bonds is 9. The SMILES string of the molecule is CC[C@@H](Sc1ccc(Cl)cc1)C(=O)N[C@@H](C)COc1ccc(OC)cc1. The first-order valence-electron chi connectivity index (χ1n) is 8.51. The number of methoxy groups -OCH3 is 1. The van der Waals surface area contributed by atoms with Gasteiger partial charge in [-0.25, -0.2) is 0 Å². The van der Waals surface area contributed by atoms with Crippen LogP contribution in [0.4, 0.5) is 0 Å². The Morgan fingerprint density at radius 3 is 2.31 bits per heavy atom. The fraction of sp³-hybridized carbons (Fsp3) is 0.350. The third-order valence-corrected chi connectivity index (χ3v) is 5.33. The largest absolute Gasteiger partial charge is 0.497 e. The number of ether oxygens (including phenoxy) is 2. The summed E-state index contributed by atoms with van der Waals surface area (Å²) in [5, 5.41) is 3.56. The Morgan fingerprint density at radius 1 is 1.12 bits per heavy atom. The Hall–Kier alpha value is -1.85. The van der Waals surface area contributed by atoms with Gasteiger partial charge in [-0.2, -0.15) is 0 Å². The predicted molar refractivity (Wildman–Crippen MR) is 107 cm³/mol. The summed E-state index contributed by atoms with van der Waals surface area (Å²) >= 11 is 7.45. The minimum atomic E-state index is -0.153. The van der Waals surface area contributed by atoms with Gasteiger partial charge >= 0.3 is 0 Å². The zero-order valence-corrected chi connectivity index (χ0v) is 16.8. The predicted octanol–water partition coefficient (Wildman–Crippen LogP) is 4.80. The van der Waals surface area contributed by atoms with Gasteiger partial charge in [-0.15, -0.1) is 11.8 Å². The molecule has 4 nitrogen and oxygen atoms in total. The number of halogens is 1. The summed E-state index contributed by atoms with van der Waals surface area (Å²) in [6.07, 6.45) is 0.741. The molecule has 1 amide bonds. The molecule has 2 atom stereocenters. The normalized spacial score (nSPS) is 12.9. The number of nitrogens with one attached hydrogen (secondary N) is 1. The van der Waals surface area contributed by atoms with Crippen LogP contribution < -0.4 is 14.8 Å². The summed E-state index contributed by atoms with van der Waals surface area (Å²) in [6, 6.07) is 14.8. The Balaban J connectivity index is 1.82. The van der Waals surface area contributed by atoms with Crippen LogP contribution in [0, 0.1) is 0 Å². The highest BCUT2D eigenvalue weighted by atomic mass is 35.5. The summed E-state index contributed by atoms with van der Waals surface area (Å²) < 4.78 is 10.8. The second-order valence-electron chi connectivity index (χ2n) is 5.86. The van der Waals surface area contributed by atoms with E-state index in [1.807, 2.05) is 62.4 Å². The molecule has 26 heavy (non-hydrogen) atoms. The minimum absolute atomic E-state index is 0.0123. The van der Waals surface area contributed by atoms with Crippen LogP contribution in [0.3, 0.4) is 0 Å². The minimum Gasteiger partial charge on any atom is -0.497 e. The molecule has 0 saturated carbocycles. The average Bonchev–Trinajstić information content (AvgIpc) is 2.66. The van der Waals surface area contributed by atoms with E-state index in [1.54, 1.807) is 18.9 Å².